The lowest BCUT2D eigenvalue weighted by atomic mass is 9.98. The highest BCUT2D eigenvalue weighted by Gasteiger charge is 2.40. The molecule has 0 saturated heterocycles. The number of halogens is 1. The number of hydrogen-bond donors (Lipinski definition) is 0. The third-order valence-electron chi connectivity index (χ3n) is 6.75. The molecule has 0 fully saturated rings. The fourth-order valence-electron chi connectivity index (χ4n) is 4.92. The van der Waals surface area contributed by atoms with Gasteiger partial charge in [-0.15, -0.1) is 0 Å². The number of ether oxygens (including phenoxy) is 2. The van der Waals surface area contributed by atoms with Crippen molar-refractivity contribution in [1.29, 1.82) is 0 Å². The highest BCUT2D eigenvalue weighted by atomic mass is 79.9. The van der Waals surface area contributed by atoms with E-state index in [1.54, 1.807) is 25.2 Å². The second-order valence-corrected chi connectivity index (χ2v) is 9.95. The number of anilines is 1. The normalized spacial score (nSPS) is 14.6. The molecule has 8 nitrogen and oxygen atoms in total. The van der Waals surface area contributed by atoms with Crippen LogP contribution in [0.2, 0.25) is 0 Å². The Hall–Kier alpha value is -4.37. The first-order chi connectivity index (χ1) is 18.9. The molecule has 0 saturated carbocycles. The first kappa shape index (κ1) is 26.2. The van der Waals surface area contributed by atoms with E-state index in [9.17, 15) is 14.9 Å². The molecule has 1 aliphatic heterocycles. The van der Waals surface area contributed by atoms with Gasteiger partial charge in [0, 0.05) is 35.3 Å². The molecular formula is C30H26BrN3O5. The molecule has 9 heteroatoms. The molecule has 1 amide bonds. The molecule has 5 rings (SSSR count). The number of rotatable bonds is 8. The maximum Gasteiger partial charge on any atom is 0.270 e. The van der Waals surface area contributed by atoms with Crippen molar-refractivity contribution < 1.29 is 19.2 Å². The van der Waals surface area contributed by atoms with Gasteiger partial charge in [0.05, 0.1) is 30.4 Å². The van der Waals surface area contributed by atoms with Crippen LogP contribution >= 0.6 is 15.9 Å². The van der Waals surface area contributed by atoms with Crippen molar-refractivity contribution in [3.8, 4) is 11.5 Å². The zero-order chi connectivity index (χ0) is 27.5. The van der Waals surface area contributed by atoms with Gasteiger partial charge in [0.1, 0.15) is 6.17 Å². The van der Waals surface area contributed by atoms with E-state index in [0.29, 0.717) is 30.3 Å². The number of hydrogen-bond acceptors (Lipinski definition) is 6. The van der Waals surface area contributed by atoms with Crippen molar-refractivity contribution in [2.45, 2.75) is 19.3 Å². The van der Waals surface area contributed by atoms with Gasteiger partial charge in [0.25, 0.3) is 11.6 Å². The van der Waals surface area contributed by atoms with Crippen molar-refractivity contribution >= 4 is 33.2 Å². The van der Waals surface area contributed by atoms with Crippen LogP contribution in [0.1, 0.15) is 33.2 Å². The summed E-state index contributed by atoms with van der Waals surface area (Å²) in [6, 6.07) is 27.8. The molecule has 0 aromatic heterocycles. The molecule has 4 aromatic carbocycles. The Balaban J connectivity index is 1.75. The molecule has 0 spiro atoms. The third-order valence-corrected chi connectivity index (χ3v) is 7.44. The summed E-state index contributed by atoms with van der Waals surface area (Å²) in [5.41, 5.74) is 3.51. The molecule has 1 aliphatic rings. The number of nitro benzene ring substituents is 1. The van der Waals surface area contributed by atoms with Crippen LogP contribution in [0.5, 0.6) is 11.5 Å². The number of benzene rings is 4. The number of amides is 1. The molecule has 0 N–H and O–H groups in total. The van der Waals surface area contributed by atoms with Gasteiger partial charge in [-0.05, 0) is 29.3 Å². The molecule has 1 atom stereocenters. The minimum absolute atomic E-state index is 0.132. The van der Waals surface area contributed by atoms with E-state index < -0.39 is 11.1 Å². The molecular weight excluding hydrogens is 562 g/mol. The van der Waals surface area contributed by atoms with Gasteiger partial charge in [-0.1, -0.05) is 76.6 Å². The van der Waals surface area contributed by atoms with Crippen molar-refractivity contribution in [3.63, 3.8) is 0 Å². The van der Waals surface area contributed by atoms with Gasteiger partial charge in [-0.2, -0.15) is 0 Å². The number of nitrogens with zero attached hydrogens (tertiary/aromatic N) is 3. The largest absolute Gasteiger partial charge is 0.493 e. The summed E-state index contributed by atoms with van der Waals surface area (Å²) < 4.78 is 11.9. The zero-order valence-electron chi connectivity index (χ0n) is 21.4. The van der Waals surface area contributed by atoms with Gasteiger partial charge in [0.2, 0.25) is 0 Å². The second kappa shape index (κ2) is 11.2. The second-order valence-electron chi connectivity index (χ2n) is 9.09. The van der Waals surface area contributed by atoms with E-state index in [-0.39, 0.29) is 17.2 Å². The average Bonchev–Trinajstić information content (AvgIpc) is 2.96. The van der Waals surface area contributed by atoms with Crippen LogP contribution in [0.15, 0.2) is 95.5 Å². The quantitative estimate of drug-likeness (QED) is 0.168. The highest BCUT2D eigenvalue weighted by molar-refractivity contribution is 9.10. The number of methoxy groups -OCH3 is 2. The van der Waals surface area contributed by atoms with Gasteiger partial charge < -0.3 is 19.3 Å². The summed E-state index contributed by atoms with van der Waals surface area (Å²) in [5, 5.41) is 11.6. The minimum Gasteiger partial charge on any atom is -0.493 e. The van der Waals surface area contributed by atoms with E-state index >= 15 is 0 Å². The first-order valence-electron chi connectivity index (χ1n) is 12.3. The lowest BCUT2D eigenvalue weighted by Crippen LogP contribution is -2.49. The Kier molecular flexibility index (Phi) is 7.51. The van der Waals surface area contributed by atoms with Crippen LogP contribution in [-0.4, -0.2) is 29.9 Å². The molecule has 0 radical (unpaired) electrons. The van der Waals surface area contributed by atoms with Crippen LogP contribution in [0.4, 0.5) is 11.4 Å². The summed E-state index contributed by atoms with van der Waals surface area (Å²) in [7, 11) is 3.14. The zero-order valence-corrected chi connectivity index (χ0v) is 23.0. The van der Waals surface area contributed by atoms with Crippen molar-refractivity contribution in [2.24, 2.45) is 0 Å². The Morgan fingerprint density at radius 2 is 1.38 bits per heavy atom. The maximum absolute atomic E-state index is 14.2. The Morgan fingerprint density at radius 3 is 1.95 bits per heavy atom. The summed E-state index contributed by atoms with van der Waals surface area (Å²) in [6.45, 7) is 0.744. The van der Waals surface area contributed by atoms with E-state index in [4.69, 9.17) is 9.47 Å². The third kappa shape index (κ3) is 5.18. The molecule has 1 heterocycles. The van der Waals surface area contributed by atoms with Crippen LogP contribution in [0.25, 0.3) is 0 Å². The smallest absolute Gasteiger partial charge is 0.270 e. The van der Waals surface area contributed by atoms with Crippen LogP contribution in [-0.2, 0) is 13.1 Å². The fourth-order valence-corrected chi connectivity index (χ4v) is 5.45. The lowest BCUT2D eigenvalue weighted by molar-refractivity contribution is -0.384. The number of carbonyl (C=O) groups excluding carboxylic acids is 1. The van der Waals surface area contributed by atoms with Gasteiger partial charge in [0.15, 0.2) is 11.5 Å². The molecule has 4 aromatic rings. The van der Waals surface area contributed by atoms with Crippen molar-refractivity contribution in [2.75, 3.05) is 19.1 Å². The minimum atomic E-state index is -0.568. The van der Waals surface area contributed by atoms with E-state index in [0.717, 1.165) is 21.2 Å². The van der Waals surface area contributed by atoms with Crippen LogP contribution < -0.4 is 14.4 Å². The molecule has 0 bridgehead atoms. The van der Waals surface area contributed by atoms with Crippen LogP contribution in [0, 0.1) is 10.1 Å². The van der Waals surface area contributed by atoms with E-state index in [1.807, 2.05) is 72.8 Å². The van der Waals surface area contributed by atoms with Gasteiger partial charge in [-0.3, -0.25) is 14.9 Å². The number of nitro groups is 1. The van der Waals surface area contributed by atoms with Crippen molar-refractivity contribution in [1.82, 2.24) is 4.90 Å². The lowest BCUT2D eigenvalue weighted by Gasteiger charge is -2.46. The summed E-state index contributed by atoms with van der Waals surface area (Å²) >= 11 is 3.71. The van der Waals surface area contributed by atoms with Crippen LogP contribution in [0.3, 0.4) is 0 Å². The first-order valence-corrected chi connectivity index (χ1v) is 13.1. The Labute approximate surface area is 234 Å². The van der Waals surface area contributed by atoms with Gasteiger partial charge >= 0.3 is 0 Å². The topological polar surface area (TPSA) is 85.1 Å². The molecule has 39 heavy (non-hydrogen) atoms. The Bertz CT molecular complexity index is 1510. The fraction of sp³-hybridized carbons (Fsp3) is 0.167. The molecule has 198 valence electrons. The monoisotopic (exact) mass is 587 g/mol. The number of non-ortho nitro benzene ring substituents is 1. The van der Waals surface area contributed by atoms with E-state index in [1.165, 1.54) is 12.1 Å². The highest BCUT2D eigenvalue weighted by Crippen LogP contribution is 2.46. The standard InChI is InChI=1S/C30H26BrN3O5/c1-38-27-16-23(25(31)17-28(27)39-2)29-32(18-20-9-5-3-6-10-20)26-14-13-22(34(36)37)15-24(26)30(35)33(29)19-21-11-7-4-8-12-21/h3-17,29H,18-19H2,1-2H3/t29-/m0/s1. The predicted molar refractivity (Wildman–Crippen MR) is 152 cm³/mol. The van der Waals surface area contributed by atoms with E-state index in [2.05, 4.69) is 20.8 Å². The maximum atomic E-state index is 14.2. The van der Waals surface area contributed by atoms with Gasteiger partial charge in [-0.25, -0.2) is 0 Å². The molecule has 0 unspecified atom stereocenters. The summed E-state index contributed by atoms with van der Waals surface area (Å²) in [5.74, 6) is 0.779. The number of fused-ring (bicyclic) bond motifs is 1. The summed E-state index contributed by atoms with van der Waals surface area (Å²) in [4.78, 5) is 29.2. The SMILES string of the molecule is COc1cc(Br)c([C@@H]2N(Cc3ccccc3)C(=O)c3cc([N+](=O)[O-])ccc3N2Cc2ccccc2)cc1OC. The van der Waals surface area contributed by atoms with Crippen molar-refractivity contribution in [3.05, 3.63) is 128 Å². The summed E-state index contributed by atoms with van der Waals surface area (Å²) in [6.07, 6.45) is -0.568. The number of carbonyl (C=O) groups is 1. The Morgan fingerprint density at radius 1 is 0.821 bits per heavy atom. The molecule has 0 aliphatic carbocycles. The predicted octanol–water partition coefficient (Wildman–Crippen LogP) is 6.74. The average molecular weight is 588 g/mol.